The fourth-order valence-corrected chi connectivity index (χ4v) is 1.50. The van der Waals surface area contributed by atoms with Crippen molar-refractivity contribution in [2.75, 3.05) is 13.6 Å². The van der Waals surface area contributed by atoms with Crippen molar-refractivity contribution in [3.05, 3.63) is 35.6 Å². The summed E-state index contributed by atoms with van der Waals surface area (Å²) in [7, 11) is 1.92. The molecule has 0 heterocycles. The minimum absolute atomic E-state index is 0.211. The van der Waals surface area contributed by atoms with Crippen molar-refractivity contribution in [2.45, 2.75) is 26.0 Å². The summed E-state index contributed by atoms with van der Waals surface area (Å²) in [5.74, 6) is -0.211. The Morgan fingerprint density at radius 3 is 2.80 bits per heavy atom. The van der Waals surface area contributed by atoms with Crippen LogP contribution in [0.15, 0.2) is 24.3 Å². The summed E-state index contributed by atoms with van der Waals surface area (Å²) in [6.45, 7) is 3.22. The molecular weight excluding hydrogens is 193 g/mol. The highest BCUT2D eigenvalue weighted by Crippen LogP contribution is 2.06. The lowest BCUT2D eigenvalue weighted by Crippen LogP contribution is -2.28. The average Bonchev–Trinajstić information content (AvgIpc) is 2.17. The van der Waals surface area contributed by atoms with Crippen LogP contribution < -0.4 is 0 Å². The third-order valence-corrected chi connectivity index (χ3v) is 2.34. The van der Waals surface area contributed by atoms with Crippen LogP contribution in [0.4, 0.5) is 4.39 Å². The van der Waals surface area contributed by atoms with Crippen molar-refractivity contribution >= 4 is 0 Å². The molecule has 1 aromatic rings. The summed E-state index contributed by atoms with van der Waals surface area (Å²) in [4.78, 5) is 1.99. The zero-order chi connectivity index (χ0) is 11.3. The lowest BCUT2D eigenvalue weighted by molar-refractivity contribution is 0.119. The third-order valence-electron chi connectivity index (χ3n) is 2.34. The van der Waals surface area contributed by atoms with Crippen LogP contribution in [0.3, 0.4) is 0 Å². The van der Waals surface area contributed by atoms with Gasteiger partial charge in [0.15, 0.2) is 0 Å². The molecule has 0 saturated carbocycles. The number of nitrogens with zero attached hydrogens (tertiary/aromatic N) is 1. The molecule has 3 heteroatoms. The maximum absolute atomic E-state index is 12.9. The lowest BCUT2D eigenvalue weighted by atomic mass is 10.2. The van der Waals surface area contributed by atoms with Gasteiger partial charge in [-0.3, -0.25) is 4.90 Å². The van der Waals surface area contributed by atoms with E-state index in [0.29, 0.717) is 13.1 Å². The topological polar surface area (TPSA) is 23.5 Å². The van der Waals surface area contributed by atoms with Gasteiger partial charge in [-0.05, 0) is 31.2 Å². The summed E-state index contributed by atoms with van der Waals surface area (Å²) in [5, 5.41) is 9.45. The quantitative estimate of drug-likeness (QED) is 0.805. The van der Waals surface area contributed by atoms with E-state index in [4.69, 9.17) is 0 Å². The molecule has 2 nitrogen and oxygen atoms in total. The van der Waals surface area contributed by atoms with Gasteiger partial charge in [0.1, 0.15) is 5.82 Å². The fraction of sp³-hybridized carbons (Fsp3) is 0.500. The molecule has 84 valence electrons. The zero-order valence-corrected chi connectivity index (χ0v) is 9.28. The Morgan fingerprint density at radius 2 is 2.20 bits per heavy atom. The molecule has 0 fully saturated rings. The molecular formula is C12H18FNO. The van der Waals surface area contributed by atoms with Crippen molar-refractivity contribution in [1.82, 2.24) is 4.90 Å². The SMILES string of the molecule is CCC(O)CN(C)Cc1cccc(F)c1. The van der Waals surface area contributed by atoms with Gasteiger partial charge in [-0.15, -0.1) is 0 Å². The lowest BCUT2D eigenvalue weighted by Gasteiger charge is -2.19. The van der Waals surface area contributed by atoms with Crippen LogP contribution in [-0.2, 0) is 6.54 Å². The average molecular weight is 211 g/mol. The summed E-state index contributed by atoms with van der Waals surface area (Å²) >= 11 is 0. The molecule has 0 aliphatic rings. The number of benzene rings is 1. The number of rotatable bonds is 5. The third kappa shape index (κ3) is 4.40. The first kappa shape index (κ1) is 12.1. The van der Waals surface area contributed by atoms with Gasteiger partial charge in [-0.1, -0.05) is 19.1 Å². The van der Waals surface area contributed by atoms with E-state index in [-0.39, 0.29) is 11.9 Å². The largest absolute Gasteiger partial charge is 0.392 e. The van der Waals surface area contributed by atoms with Crippen molar-refractivity contribution in [2.24, 2.45) is 0 Å². The molecule has 1 aromatic carbocycles. The van der Waals surface area contributed by atoms with Crippen LogP contribution in [0, 0.1) is 5.82 Å². The number of aliphatic hydroxyl groups is 1. The van der Waals surface area contributed by atoms with E-state index in [9.17, 15) is 9.50 Å². The van der Waals surface area contributed by atoms with Gasteiger partial charge < -0.3 is 5.11 Å². The highest BCUT2D eigenvalue weighted by Gasteiger charge is 2.06. The molecule has 0 aliphatic heterocycles. The monoisotopic (exact) mass is 211 g/mol. The van der Waals surface area contributed by atoms with Gasteiger partial charge in [0.25, 0.3) is 0 Å². The molecule has 0 spiro atoms. The zero-order valence-electron chi connectivity index (χ0n) is 9.28. The summed E-state index contributed by atoms with van der Waals surface area (Å²) in [6.07, 6.45) is 0.441. The summed E-state index contributed by atoms with van der Waals surface area (Å²) < 4.78 is 12.9. The molecule has 0 saturated heterocycles. The van der Waals surface area contributed by atoms with Gasteiger partial charge in [0.2, 0.25) is 0 Å². The van der Waals surface area contributed by atoms with Crippen LogP contribution in [0.1, 0.15) is 18.9 Å². The van der Waals surface area contributed by atoms with Crippen LogP contribution in [-0.4, -0.2) is 29.7 Å². The van der Waals surface area contributed by atoms with Crippen molar-refractivity contribution < 1.29 is 9.50 Å². The number of aliphatic hydroxyl groups excluding tert-OH is 1. The Balaban J connectivity index is 2.47. The van der Waals surface area contributed by atoms with E-state index in [1.807, 2.05) is 24.9 Å². The number of hydrogen-bond donors (Lipinski definition) is 1. The second kappa shape index (κ2) is 5.83. The van der Waals surface area contributed by atoms with E-state index >= 15 is 0 Å². The van der Waals surface area contributed by atoms with E-state index < -0.39 is 0 Å². The Bertz CT molecular complexity index is 303. The second-order valence-electron chi connectivity index (χ2n) is 3.89. The summed E-state index contributed by atoms with van der Waals surface area (Å²) in [6, 6.07) is 6.55. The minimum Gasteiger partial charge on any atom is -0.392 e. The van der Waals surface area contributed by atoms with Gasteiger partial charge >= 0.3 is 0 Å². The fourth-order valence-electron chi connectivity index (χ4n) is 1.50. The first-order valence-electron chi connectivity index (χ1n) is 5.23. The van der Waals surface area contributed by atoms with Crippen LogP contribution in [0.2, 0.25) is 0 Å². The second-order valence-corrected chi connectivity index (χ2v) is 3.89. The molecule has 0 amide bonds. The van der Waals surface area contributed by atoms with Crippen molar-refractivity contribution in [3.63, 3.8) is 0 Å². The van der Waals surface area contributed by atoms with Crippen LogP contribution in [0.5, 0.6) is 0 Å². The Morgan fingerprint density at radius 1 is 1.47 bits per heavy atom. The smallest absolute Gasteiger partial charge is 0.123 e. The first-order chi connectivity index (χ1) is 7.11. The molecule has 0 bridgehead atoms. The Kier molecular flexibility index (Phi) is 4.72. The molecule has 15 heavy (non-hydrogen) atoms. The van der Waals surface area contributed by atoms with Gasteiger partial charge in [-0.25, -0.2) is 4.39 Å². The van der Waals surface area contributed by atoms with E-state index in [1.165, 1.54) is 12.1 Å². The standard InChI is InChI=1S/C12H18FNO/c1-3-12(15)9-14(2)8-10-5-4-6-11(13)7-10/h4-7,12,15H,3,8-9H2,1-2H3. The predicted octanol–water partition coefficient (Wildman–Crippen LogP) is 2.03. The number of likely N-dealkylation sites (N-methyl/N-ethyl adjacent to an activating group) is 1. The predicted molar refractivity (Wildman–Crippen MR) is 59.0 cm³/mol. The van der Waals surface area contributed by atoms with Crippen LogP contribution in [0.25, 0.3) is 0 Å². The van der Waals surface area contributed by atoms with Crippen molar-refractivity contribution in [3.8, 4) is 0 Å². The highest BCUT2D eigenvalue weighted by molar-refractivity contribution is 5.15. The van der Waals surface area contributed by atoms with E-state index in [0.717, 1.165) is 12.0 Å². The molecule has 1 N–H and O–H groups in total. The maximum Gasteiger partial charge on any atom is 0.123 e. The Hall–Kier alpha value is -0.930. The van der Waals surface area contributed by atoms with Crippen molar-refractivity contribution in [1.29, 1.82) is 0 Å². The van der Waals surface area contributed by atoms with Gasteiger partial charge in [-0.2, -0.15) is 0 Å². The first-order valence-corrected chi connectivity index (χ1v) is 5.23. The molecule has 0 aliphatic carbocycles. The maximum atomic E-state index is 12.9. The molecule has 0 radical (unpaired) electrons. The number of hydrogen-bond acceptors (Lipinski definition) is 2. The molecule has 1 rings (SSSR count). The minimum atomic E-state index is -0.302. The van der Waals surface area contributed by atoms with Gasteiger partial charge in [0, 0.05) is 13.1 Å². The molecule has 1 atom stereocenters. The normalized spacial score (nSPS) is 13.1. The highest BCUT2D eigenvalue weighted by atomic mass is 19.1. The molecule has 1 unspecified atom stereocenters. The Labute approximate surface area is 90.3 Å². The number of halogens is 1. The molecule has 0 aromatic heterocycles. The van der Waals surface area contributed by atoms with Crippen LogP contribution >= 0.6 is 0 Å². The summed E-state index contributed by atoms with van der Waals surface area (Å²) in [5.41, 5.74) is 0.931. The van der Waals surface area contributed by atoms with E-state index in [2.05, 4.69) is 0 Å². The van der Waals surface area contributed by atoms with E-state index in [1.54, 1.807) is 6.07 Å². The van der Waals surface area contributed by atoms with Gasteiger partial charge in [0.05, 0.1) is 6.10 Å².